The summed E-state index contributed by atoms with van der Waals surface area (Å²) >= 11 is 0. The molecule has 0 aliphatic carbocycles. The number of nitrogens with one attached hydrogen (secondary N) is 1. The quantitative estimate of drug-likeness (QED) is 0.473. The van der Waals surface area contributed by atoms with Crippen molar-refractivity contribution in [3.63, 3.8) is 0 Å². The van der Waals surface area contributed by atoms with E-state index in [0.29, 0.717) is 0 Å². The van der Waals surface area contributed by atoms with E-state index in [4.69, 9.17) is 4.74 Å². The Morgan fingerprint density at radius 3 is 1.68 bits per heavy atom. The summed E-state index contributed by atoms with van der Waals surface area (Å²) in [6.07, 6.45) is -0.253. The second-order valence-corrected chi connectivity index (χ2v) is 7.01. The van der Waals surface area contributed by atoms with Crippen LogP contribution in [-0.2, 0) is 10.3 Å². The van der Waals surface area contributed by atoms with Crippen LogP contribution in [0.3, 0.4) is 0 Å². The standard InChI is InChI=1S/C26H21NO/c1-4-12-20(13-5-1)25-27-24-19-11-10-18-23(24)26(28-25,21-14-6-2-7-15-21)22-16-8-3-9-17-22/h1-19,25,27H. The Morgan fingerprint density at radius 1 is 0.571 bits per heavy atom. The van der Waals surface area contributed by atoms with Crippen molar-refractivity contribution < 1.29 is 4.74 Å². The average molecular weight is 363 g/mol. The smallest absolute Gasteiger partial charge is 0.156 e. The Bertz CT molecular complexity index is 1020. The van der Waals surface area contributed by atoms with Gasteiger partial charge in [0.15, 0.2) is 6.23 Å². The summed E-state index contributed by atoms with van der Waals surface area (Å²) in [5.74, 6) is 0. The van der Waals surface area contributed by atoms with Gasteiger partial charge in [-0.3, -0.25) is 0 Å². The molecule has 4 aromatic rings. The number of benzene rings is 4. The molecule has 136 valence electrons. The zero-order valence-electron chi connectivity index (χ0n) is 15.5. The fourth-order valence-corrected chi connectivity index (χ4v) is 4.07. The lowest BCUT2D eigenvalue weighted by Crippen LogP contribution is -2.40. The van der Waals surface area contributed by atoms with Gasteiger partial charge in [0.25, 0.3) is 0 Å². The second-order valence-electron chi connectivity index (χ2n) is 7.01. The molecular formula is C26H21NO. The Hall–Kier alpha value is -3.36. The van der Waals surface area contributed by atoms with Gasteiger partial charge in [-0.05, 0) is 17.2 Å². The number of ether oxygens (including phenoxy) is 1. The van der Waals surface area contributed by atoms with E-state index in [9.17, 15) is 0 Å². The van der Waals surface area contributed by atoms with Crippen LogP contribution in [0.5, 0.6) is 0 Å². The fourth-order valence-electron chi connectivity index (χ4n) is 4.07. The highest BCUT2D eigenvalue weighted by molar-refractivity contribution is 5.63. The lowest BCUT2D eigenvalue weighted by Gasteiger charge is -2.44. The van der Waals surface area contributed by atoms with Gasteiger partial charge >= 0.3 is 0 Å². The summed E-state index contributed by atoms with van der Waals surface area (Å²) in [5, 5.41) is 3.59. The van der Waals surface area contributed by atoms with Crippen molar-refractivity contribution in [2.45, 2.75) is 11.8 Å². The van der Waals surface area contributed by atoms with Crippen molar-refractivity contribution >= 4 is 5.69 Å². The van der Waals surface area contributed by atoms with Gasteiger partial charge in [0.1, 0.15) is 5.60 Å². The van der Waals surface area contributed by atoms with Crippen molar-refractivity contribution in [3.05, 3.63) is 138 Å². The third-order valence-electron chi connectivity index (χ3n) is 5.35. The second kappa shape index (κ2) is 6.99. The first-order valence-corrected chi connectivity index (χ1v) is 9.58. The van der Waals surface area contributed by atoms with Gasteiger partial charge in [-0.2, -0.15) is 0 Å². The van der Waals surface area contributed by atoms with Crippen LogP contribution in [0.1, 0.15) is 28.5 Å². The summed E-state index contributed by atoms with van der Waals surface area (Å²) in [6, 6.07) is 39.8. The molecule has 5 rings (SSSR count). The molecule has 1 unspecified atom stereocenters. The minimum absolute atomic E-state index is 0.253. The average Bonchev–Trinajstić information content (AvgIpc) is 2.80. The predicted octanol–water partition coefficient (Wildman–Crippen LogP) is 6.12. The zero-order valence-corrected chi connectivity index (χ0v) is 15.5. The Morgan fingerprint density at radius 2 is 1.07 bits per heavy atom. The van der Waals surface area contributed by atoms with E-state index in [0.717, 1.165) is 27.9 Å². The molecule has 1 heterocycles. The van der Waals surface area contributed by atoms with Gasteiger partial charge in [-0.15, -0.1) is 0 Å². The molecule has 0 aromatic heterocycles. The van der Waals surface area contributed by atoms with Crippen molar-refractivity contribution in [2.24, 2.45) is 0 Å². The van der Waals surface area contributed by atoms with Gasteiger partial charge in [0.2, 0.25) is 0 Å². The first kappa shape index (κ1) is 16.8. The Kier molecular flexibility index (Phi) is 4.19. The molecule has 0 amide bonds. The number of hydrogen-bond donors (Lipinski definition) is 1. The summed E-state index contributed by atoms with van der Waals surface area (Å²) < 4.78 is 6.95. The highest BCUT2D eigenvalue weighted by atomic mass is 16.5. The highest BCUT2D eigenvalue weighted by Crippen LogP contribution is 2.49. The molecule has 0 fully saturated rings. The molecule has 1 aliphatic rings. The number of para-hydroxylation sites is 1. The predicted molar refractivity (Wildman–Crippen MR) is 113 cm³/mol. The van der Waals surface area contributed by atoms with E-state index in [1.54, 1.807) is 0 Å². The van der Waals surface area contributed by atoms with E-state index in [1.165, 1.54) is 0 Å². The summed E-state index contributed by atoms with van der Waals surface area (Å²) in [4.78, 5) is 0. The topological polar surface area (TPSA) is 21.3 Å². The normalized spacial score (nSPS) is 17.4. The summed E-state index contributed by atoms with van der Waals surface area (Å²) in [5.41, 5.74) is 4.88. The van der Waals surface area contributed by atoms with Crippen molar-refractivity contribution in [3.8, 4) is 0 Å². The molecule has 0 spiro atoms. The first-order valence-electron chi connectivity index (χ1n) is 9.58. The van der Waals surface area contributed by atoms with Crippen LogP contribution in [0, 0.1) is 0 Å². The maximum atomic E-state index is 6.95. The first-order chi connectivity index (χ1) is 13.9. The monoisotopic (exact) mass is 363 g/mol. The third kappa shape index (κ3) is 2.70. The van der Waals surface area contributed by atoms with Crippen molar-refractivity contribution in [1.29, 1.82) is 0 Å². The SMILES string of the molecule is c1ccc(C2Nc3ccccc3C(c3ccccc3)(c3ccccc3)O2)cc1. The lowest BCUT2D eigenvalue weighted by molar-refractivity contribution is -0.0432. The molecule has 2 heteroatoms. The van der Waals surface area contributed by atoms with Gasteiger partial charge in [0.05, 0.1) is 0 Å². The van der Waals surface area contributed by atoms with Gasteiger partial charge in [-0.25, -0.2) is 0 Å². The largest absolute Gasteiger partial charge is 0.356 e. The maximum Gasteiger partial charge on any atom is 0.156 e. The van der Waals surface area contributed by atoms with Crippen LogP contribution in [0.2, 0.25) is 0 Å². The minimum atomic E-state index is -0.690. The van der Waals surface area contributed by atoms with Crippen LogP contribution in [0.4, 0.5) is 5.69 Å². The summed E-state index contributed by atoms with van der Waals surface area (Å²) in [6.45, 7) is 0. The fraction of sp³-hybridized carbons (Fsp3) is 0.0769. The van der Waals surface area contributed by atoms with E-state index in [1.807, 2.05) is 30.3 Å². The lowest BCUT2D eigenvalue weighted by atomic mass is 9.78. The molecule has 0 saturated heterocycles. The molecule has 2 nitrogen and oxygen atoms in total. The van der Waals surface area contributed by atoms with Crippen molar-refractivity contribution in [2.75, 3.05) is 5.32 Å². The number of rotatable bonds is 3. The highest BCUT2D eigenvalue weighted by Gasteiger charge is 2.44. The molecule has 0 radical (unpaired) electrons. The van der Waals surface area contributed by atoms with Crippen molar-refractivity contribution in [1.82, 2.24) is 0 Å². The molecule has 1 atom stereocenters. The van der Waals surface area contributed by atoms with Crippen LogP contribution >= 0.6 is 0 Å². The molecule has 28 heavy (non-hydrogen) atoms. The molecule has 0 saturated carbocycles. The van der Waals surface area contributed by atoms with Crippen LogP contribution in [0.15, 0.2) is 115 Å². The van der Waals surface area contributed by atoms with Gasteiger partial charge in [-0.1, -0.05) is 109 Å². The van der Waals surface area contributed by atoms with Crippen LogP contribution in [-0.4, -0.2) is 0 Å². The van der Waals surface area contributed by atoms with E-state index < -0.39 is 5.60 Å². The number of hydrogen-bond acceptors (Lipinski definition) is 2. The van der Waals surface area contributed by atoms with E-state index in [-0.39, 0.29) is 6.23 Å². The Balaban J connectivity index is 1.79. The zero-order chi connectivity index (χ0) is 18.8. The van der Waals surface area contributed by atoms with Crippen LogP contribution < -0.4 is 5.32 Å². The molecular weight excluding hydrogens is 342 g/mol. The van der Waals surface area contributed by atoms with E-state index in [2.05, 4.69) is 90.2 Å². The van der Waals surface area contributed by atoms with Crippen LogP contribution in [0.25, 0.3) is 0 Å². The van der Waals surface area contributed by atoms with Gasteiger partial charge < -0.3 is 10.1 Å². The van der Waals surface area contributed by atoms with Gasteiger partial charge in [0, 0.05) is 16.8 Å². The molecule has 4 aromatic carbocycles. The molecule has 0 bridgehead atoms. The molecule has 1 aliphatic heterocycles. The Labute approximate surface area is 165 Å². The number of fused-ring (bicyclic) bond motifs is 1. The number of anilines is 1. The maximum absolute atomic E-state index is 6.95. The minimum Gasteiger partial charge on any atom is -0.356 e. The van der Waals surface area contributed by atoms with E-state index >= 15 is 0 Å². The third-order valence-corrected chi connectivity index (χ3v) is 5.35. The summed E-state index contributed by atoms with van der Waals surface area (Å²) in [7, 11) is 0. The molecule has 1 N–H and O–H groups in total.